The van der Waals surface area contributed by atoms with Crippen LogP contribution in [0.3, 0.4) is 0 Å². The first-order chi connectivity index (χ1) is 16.2. The van der Waals surface area contributed by atoms with Crippen LogP contribution in [0, 0.1) is 13.8 Å². The van der Waals surface area contributed by atoms with Crippen molar-refractivity contribution in [2.75, 3.05) is 12.0 Å². The minimum atomic E-state index is -0.549. The average Bonchev–Trinajstić information content (AvgIpc) is 3.26. The van der Waals surface area contributed by atoms with Crippen LogP contribution in [-0.2, 0) is 25.7 Å². The summed E-state index contributed by atoms with van der Waals surface area (Å²) >= 11 is 7.69. The van der Waals surface area contributed by atoms with E-state index >= 15 is 0 Å². The zero-order valence-corrected chi connectivity index (χ0v) is 20.7. The maximum atomic E-state index is 12.4. The van der Waals surface area contributed by atoms with Crippen LogP contribution in [0.1, 0.15) is 39.7 Å². The van der Waals surface area contributed by atoms with Crippen molar-refractivity contribution >= 4 is 57.7 Å². The molecule has 0 spiro atoms. The van der Waals surface area contributed by atoms with Crippen molar-refractivity contribution in [3.05, 3.63) is 80.8 Å². The number of aryl methyl sites for hydroxylation is 2. The molecular formula is C25H23ClN2O5S. The molecule has 0 atom stereocenters. The minimum absolute atomic E-state index is 0.0483. The van der Waals surface area contributed by atoms with Crippen LogP contribution in [0.15, 0.2) is 47.9 Å². The van der Waals surface area contributed by atoms with E-state index in [0.29, 0.717) is 27.1 Å². The van der Waals surface area contributed by atoms with Gasteiger partial charge in [0.05, 0.1) is 29.1 Å². The molecule has 34 heavy (non-hydrogen) atoms. The van der Waals surface area contributed by atoms with E-state index in [9.17, 15) is 14.4 Å². The molecule has 1 amide bonds. The Kier molecular flexibility index (Phi) is 8.20. The van der Waals surface area contributed by atoms with E-state index in [0.717, 1.165) is 16.7 Å². The summed E-state index contributed by atoms with van der Waals surface area (Å²) in [5.41, 5.74) is 4.09. The number of rotatable bonds is 7. The second-order valence-electron chi connectivity index (χ2n) is 7.44. The van der Waals surface area contributed by atoms with Crippen molar-refractivity contribution in [1.29, 1.82) is 0 Å². The van der Waals surface area contributed by atoms with E-state index in [1.54, 1.807) is 41.8 Å². The van der Waals surface area contributed by atoms with Crippen LogP contribution < -0.4 is 4.90 Å². The Morgan fingerprint density at radius 1 is 1.15 bits per heavy atom. The fourth-order valence-electron chi connectivity index (χ4n) is 3.25. The number of amides is 1. The Hall–Kier alpha value is -3.49. The highest BCUT2D eigenvalue weighted by Gasteiger charge is 2.22. The van der Waals surface area contributed by atoms with Crippen molar-refractivity contribution in [2.45, 2.75) is 27.4 Å². The predicted octanol–water partition coefficient (Wildman–Crippen LogP) is 5.64. The van der Waals surface area contributed by atoms with Gasteiger partial charge in [-0.05, 0) is 54.8 Å². The molecule has 0 aliphatic rings. The Labute approximate surface area is 206 Å². The highest BCUT2D eigenvalue weighted by atomic mass is 35.5. The first kappa shape index (κ1) is 25.1. The summed E-state index contributed by atoms with van der Waals surface area (Å²) in [6.45, 7) is 5.21. The second kappa shape index (κ2) is 11.1. The van der Waals surface area contributed by atoms with Gasteiger partial charge in [-0.15, -0.1) is 11.3 Å². The lowest BCUT2D eigenvalue weighted by molar-refractivity contribution is -0.139. The number of methoxy groups -OCH3 is 1. The number of carbonyl (C=O) groups is 3. The Morgan fingerprint density at radius 2 is 1.85 bits per heavy atom. The quantitative estimate of drug-likeness (QED) is 0.309. The Morgan fingerprint density at radius 3 is 2.47 bits per heavy atom. The third kappa shape index (κ3) is 6.09. The van der Waals surface area contributed by atoms with Crippen molar-refractivity contribution in [3.63, 3.8) is 0 Å². The molecule has 9 heteroatoms. The summed E-state index contributed by atoms with van der Waals surface area (Å²) in [5, 5.41) is 2.62. The van der Waals surface area contributed by atoms with Gasteiger partial charge in [0.15, 0.2) is 5.13 Å². The maximum Gasteiger partial charge on any atom is 0.337 e. The third-order valence-corrected chi connectivity index (χ3v) is 5.94. The molecule has 0 aliphatic heterocycles. The molecule has 0 fully saturated rings. The van der Waals surface area contributed by atoms with Crippen LogP contribution in [0.4, 0.5) is 10.8 Å². The van der Waals surface area contributed by atoms with Crippen molar-refractivity contribution in [1.82, 2.24) is 4.98 Å². The van der Waals surface area contributed by atoms with E-state index in [4.69, 9.17) is 16.3 Å². The van der Waals surface area contributed by atoms with Gasteiger partial charge in [0, 0.05) is 18.4 Å². The van der Waals surface area contributed by atoms with Gasteiger partial charge < -0.3 is 9.47 Å². The Balaban J connectivity index is 1.66. The van der Waals surface area contributed by atoms with Gasteiger partial charge in [0.2, 0.25) is 5.91 Å². The number of ether oxygens (including phenoxy) is 2. The topological polar surface area (TPSA) is 85.8 Å². The fourth-order valence-corrected chi connectivity index (χ4v) is 4.51. The first-order valence-corrected chi connectivity index (χ1v) is 11.5. The molecule has 7 nitrogen and oxygen atoms in total. The van der Waals surface area contributed by atoms with Gasteiger partial charge >= 0.3 is 11.9 Å². The molecule has 0 aliphatic carbocycles. The molecule has 0 radical (unpaired) electrons. The summed E-state index contributed by atoms with van der Waals surface area (Å²) in [7, 11) is 1.31. The standard InChI is InChI=1S/C25H23ClN2O5S/c1-15-11-16(2)23(21(26)12-15)28(17(3)29)25-27-20(14-34-25)13-33-22(30)10-7-18-5-8-19(9-6-18)24(31)32-4/h5-12,14H,13H2,1-4H3/b10-7+. The van der Waals surface area contributed by atoms with Crippen molar-refractivity contribution < 1.29 is 23.9 Å². The van der Waals surface area contributed by atoms with Gasteiger partial charge in [-0.1, -0.05) is 29.8 Å². The highest BCUT2D eigenvalue weighted by Crippen LogP contribution is 2.37. The van der Waals surface area contributed by atoms with E-state index in [-0.39, 0.29) is 12.5 Å². The molecule has 3 aromatic rings. The van der Waals surface area contributed by atoms with Crippen molar-refractivity contribution in [2.24, 2.45) is 0 Å². The van der Waals surface area contributed by atoms with E-state index in [1.165, 1.54) is 36.3 Å². The van der Waals surface area contributed by atoms with Gasteiger partial charge in [-0.2, -0.15) is 0 Å². The number of halogens is 1. The number of aromatic nitrogens is 1. The van der Waals surface area contributed by atoms with E-state index < -0.39 is 11.9 Å². The minimum Gasteiger partial charge on any atom is -0.465 e. The molecule has 3 rings (SSSR count). The smallest absolute Gasteiger partial charge is 0.337 e. The van der Waals surface area contributed by atoms with Crippen LogP contribution in [0.25, 0.3) is 6.08 Å². The molecule has 0 bridgehead atoms. The molecule has 0 N–H and O–H groups in total. The number of thiazole rings is 1. The molecular weight excluding hydrogens is 476 g/mol. The number of nitrogens with zero attached hydrogens (tertiary/aromatic N) is 2. The zero-order chi connectivity index (χ0) is 24.8. The number of hydrogen-bond donors (Lipinski definition) is 0. The summed E-state index contributed by atoms with van der Waals surface area (Å²) in [5.74, 6) is -1.21. The van der Waals surface area contributed by atoms with E-state index in [2.05, 4.69) is 9.72 Å². The molecule has 0 unspecified atom stereocenters. The summed E-state index contributed by atoms with van der Waals surface area (Å²) in [6.07, 6.45) is 2.87. The van der Waals surface area contributed by atoms with Crippen LogP contribution in [-0.4, -0.2) is 29.9 Å². The zero-order valence-electron chi connectivity index (χ0n) is 19.1. The molecule has 1 heterocycles. The lowest BCUT2D eigenvalue weighted by Gasteiger charge is -2.22. The van der Waals surface area contributed by atoms with Crippen LogP contribution >= 0.6 is 22.9 Å². The van der Waals surface area contributed by atoms with Crippen LogP contribution in [0.2, 0.25) is 5.02 Å². The van der Waals surface area contributed by atoms with Crippen LogP contribution in [0.5, 0.6) is 0 Å². The first-order valence-electron chi connectivity index (χ1n) is 10.2. The average molecular weight is 499 g/mol. The molecule has 1 aromatic heterocycles. The number of benzene rings is 2. The van der Waals surface area contributed by atoms with E-state index in [1.807, 2.05) is 19.9 Å². The van der Waals surface area contributed by atoms with Crippen molar-refractivity contribution in [3.8, 4) is 0 Å². The number of carbonyl (C=O) groups excluding carboxylic acids is 3. The summed E-state index contributed by atoms with van der Waals surface area (Å²) in [4.78, 5) is 41.9. The Bertz CT molecular complexity index is 1230. The molecule has 2 aromatic carbocycles. The second-order valence-corrected chi connectivity index (χ2v) is 8.69. The largest absolute Gasteiger partial charge is 0.465 e. The summed E-state index contributed by atoms with van der Waals surface area (Å²) < 4.78 is 9.92. The summed E-state index contributed by atoms with van der Waals surface area (Å²) in [6, 6.07) is 10.3. The highest BCUT2D eigenvalue weighted by molar-refractivity contribution is 7.14. The molecule has 0 saturated carbocycles. The number of hydrogen-bond acceptors (Lipinski definition) is 7. The van der Waals surface area contributed by atoms with Gasteiger partial charge in [0.25, 0.3) is 0 Å². The molecule has 0 saturated heterocycles. The monoisotopic (exact) mass is 498 g/mol. The SMILES string of the molecule is COC(=O)c1ccc(/C=C/C(=O)OCc2csc(N(C(C)=O)c3c(C)cc(C)cc3Cl)n2)cc1. The lowest BCUT2D eigenvalue weighted by atomic mass is 10.1. The predicted molar refractivity (Wildman–Crippen MR) is 132 cm³/mol. The maximum absolute atomic E-state index is 12.4. The van der Waals surface area contributed by atoms with Gasteiger partial charge in [-0.3, -0.25) is 9.69 Å². The normalized spacial score (nSPS) is 10.9. The lowest BCUT2D eigenvalue weighted by Crippen LogP contribution is -2.24. The number of esters is 2. The number of anilines is 2. The fraction of sp³-hybridized carbons (Fsp3) is 0.200. The third-order valence-electron chi connectivity index (χ3n) is 4.77. The van der Waals surface area contributed by atoms with Gasteiger partial charge in [-0.25, -0.2) is 14.6 Å². The molecule has 176 valence electrons. The van der Waals surface area contributed by atoms with Gasteiger partial charge in [0.1, 0.15) is 6.61 Å².